The minimum absolute atomic E-state index is 0.0738. The van der Waals surface area contributed by atoms with Crippen molar-refractivity contribution >= 4 is 17.7 Å². The molecular weight excluding hydrogens is 650 g/mol. The molecule has 0 unspecified atom stereocenters. The first-order valence-electron chi connectivity index (χ1n) is 18.3. The number of aliphatic hydroxyl groups excluding tert-OH is 2. The fourth-order valence-corrected chi connectivity index (χ4v) is 8.17. The number of hydrogen-bond donors (Lipinski definition) is 4. The third-order valence-electron chi connectivity index (χ3n) is 11.2. The number of nitrogens with one attached hydrogen (secondary N) is 1. The molecule has 14 heteroatoms. The summed E-state index contributed by atoms with van der Waals surface area (Å²) in [7, 11) is 4.94. The lowest BCUT2D eigenvalue weighted by Crippen LogP contribution is -2.60. The third-order valence-corrected chi connectivity index (χ3v) is 11.2. The van der Waals surface area contributed by atoms with Crippen LogP contribution in [0.4, 0.5) is 0 Å². The Morgan fingerprint density at radius 2 is 1.76 bits per heavy atom. The minimum atomic E-state index is -1.55. The fraction of sp³-hybridized carbons (Fsp3) is 0.917. The van der Waals surface area contributed by atoms with Gasteiger partial charge < -0.3 is 54.1 Å². The summed E-state index contributed by atoms with van der Waals surface area (Å²) in [5.41, 5.74) is -2.54. The molecule has 3 heterocycles. The van der Waals surface area contributed by atoms with Crippen LogP contribution in [0.2, 0.25) is 0 Å². The lowest BCUT2D eigenvalue weighted by Gasteiger charge is -2.49. The van der Waals surface area contributed by atoms with Crippen molar-refractivity contribution in [3.8, 4) is 0 Å². The number of carbonyl (C=O) groups excluding carboxylic acids is 3. The van der Waals surface area contributed by atoms with E-state index in [1.807, 2.05) is 20.8 Å². The molecule has 50 heavy (non-hydrogen) atoms. The third kappa shape index (κ3) is 9.94. The van der Waals surface area contributed by atoms with Gasteiger partial charge in [-0.05, 0) is 46.5 Å². The lowest BCUT2D eigenvalue weighted by atomic mass is 9.77. The topological polar surface area (TPSA) is 177 Å². The summed E-state index contributed by atoms with van der Waals surface area (Å²) in [5.74, 6) is -2.82. The summed E-state index contributed by atoms with van der Waals surface area (Å²) < 4.78 is 31.6. The Kier molecular flexibility index (Phi) is 15.1. The molecule has 14 nitrogen and oxygen atoms in total. The van der Waals surface area contributed by atoms with Gasteiger partial charge in [0, 0.05) is 65.5 Å². The van der Waals surface area contributed by atoms with Gasteiger partial charge in [-0.15, -0.1) is 0 Å². The average Bonchev–Trinajstić information content (AvgIpc) is 3.05. The van der Waals surface area contributed by atoms with E-state index in [-0.39, 0.29) is 68.2 Å². The second-order valence-corrected chi connectivity index (χ2v) is 15.5. The minimum Gasteiger partial charge on any atom is -0.396 e. The molecule has 14 atom stereocenters. The van der Waals surface area contributed by atoms with Gasteiger partial charge in [0.25, 0.3) is 0 Å². The van der Waals surface area contributed by atoms with Crippen molar-refractivity contribution in [1.29, 1.82) is 0 Å². The molecule has 0 aliphatic carbocycles. The van der Waals surface area contributed by atoms with Gasteiger partial charge in [0.05, 0.1) is 54.1 Å². The number of rotatable bonds is 8. The van der Waals surface area contributed by atoms with Gasteiger partial charge in [-0.3, -0.25) is 14.4 Å². The van der Waals surface area contributed by atoms with Crippen molar-refractivity contribution in [3.05, 3.63) is 0 Å². The van der Waals surface area contributed by atoms with Crippen molar-refractivity contribution in [3.63, 3.8) is 0 Å². The molecule has 3 amide bonds. The molecule has 0 aromatic carbocycles. The van der Waals surface area contributed by atoms with Gasteiger partial charge in [0.2, 0.25) is 17.7 Å². The molecule has 3 aliphatic heterocycles. The Morgan fingerprint density at radius 1 is 1.10 bits per heavy atom. The maximum absolute atomic E-state index is 13.7. The molecule has 0 aromatic heterocycles. The first-order valence-corrected chi connectivity index (χ1v) is 18.3. The van der Waals surface area contributed by atoms with Crippen molar-refractivity contribution in [2.45, 2.75) is 148 Å². The van der Waals surface area contributed by atoms with Gasteiger partial charge in [-0.25, -0.2) is 0 Å². The van der Waals surface area contributed by atoms with E-state index in [0.717, 1.165) is 0 Å². The van der Waals surface area contributed by atoms with E-state index in [1.54, 1.807) is 58.5 Å². The van der Waals surface area contributed by atoms with E-state index in [4.69, 9.17) is 23.7 Å². The predicted molar refractivity (Wildman–Crippen MR) is 184 cm³/mol. The Balaban J connectivity index is 2.10. The van der Waals surface area contributed by atoms with E-state index < -0.39 is 66.0 Å². The summed E-state index contributed by atoms with van der Waals surface area (Å²) in [6.45, 7) is 14.5. The Morgan fingerprint density at radius 3 is 2.36 bits per heavy atom. The zero-order valence-corrected chi connectivity index (χ0v) is 32.1. The Bertz CT molecular complexity index is 1140. The quantitative estimate of drug-likeness (QED) is 0.288. The molecule has 3 aliphatic rings. The van der Waals surface area contributed by atoms with E-state index in [0.29, 0.717) is 19.4 Å². The normalized spacial score (nSPS) is 42.8. The second-order valence-electron chi connectivity index (χ2n) is 15.5. The molecule has 0 saturated carbocycles. The number of carbonyl (C=O) groups is 3. The van der Waals surface area contributed by atoms with Crippen LogP contribution in [0.5, 0.6) is 0 Å². The van der Waals surface area contributed by atoms with Crippen LogP contribution in [0, 0.1) is 23.7 Å². The van der Waals surface area contributed by atoms with E-state index in [9.17, 15) is 29.7 Å². The average molecular weight is 716 g/mol. The fourth-order valence-electron chi connectivity index (χ4n) is 8.17. The summed E-state index contributed by atoms with van der Waals surface area (Å²) in [5, 5.41) is 36.8. The second kappa shape index (κ2) is 17.7. The molecule has 0 aromatic rings. The van der Waals surface area contributed by atoms with Crippen LogP contribution in [0.15, 0.2) is 0 Å². The van der Waals surface area contributed by atoms with Crippen molar-refractivity contribution in [1.82, 2.24) is 15.1 Å². The highest BCUT2D eigenvalue weighted by atomic mass is 16.7. The molecule has 290 valence electrons. The zero-order valence-electron chi connectivity index (χ0n) is 32.1. The molecule has 0 bridgehead atoms. The highest BCUT2D eigenvalue weighted by molar-refractivity contribution is 5.80. The van der Waals surface area contributed by atoms with Crippen LogP contribution in [-0.4, -0.2) is 144 Å². The van der Waals surface area contributed by atoms with Gasteiger partial charge in [0.1, 0.15) is 6.10 Å². The van der Waals surface area contributed by atoms with E-state index >= 15 is 0 Å². The molecule has 3 saturated heterocycles. The van der Waals surface area contributed by atoms with Crippen LogP contribution < -0.4 is 5.32 Å². The molecule has 0 radical (unpaired) electrons. The molecular formula is C36H65N3O11. The highest BCUT2D eigenvalue weighted by Gasteiger charge is 2.51. The number of ether oxygens (including phenoxy) is 5. The van der Waals surface area contributed by atoms with Gasteiger partial charge in [-0.2, -0.15) is 0 Å². The maximum Gasteiger partial charge on any atom is 0.225 e. The Hall–Kier alpha value is -1.91. The molecule has 3 rings (SSSR count). The van der Waals surface area contributed by atoms with Crippen molar-refractivity contribution < 1.29 is 53.4 Å². The SMILES string of the molecule is CCC(=O)N(C)[C@H]1C[C@@H](C)O[C@@H](O[C@@H]2[C@@H](C)[C@H](O[C@H]3C[C@@](C)(OC)[C@@H](O)[C@H](C)O3)[C@@H](C)C(=O)NCCC(=O)N(C)C[C@H](C)C[C@@]2(C)O)[C@@H]1CO. The standard InChI is InChI=1S/C36H65N3O11/c1-12-27(41)39(10)26-15-21(3)47-34(25(26)19-40)50-32-22(4)30(49-29-17-36(8,46-11)31(43)24(6)48-29)23(5)33(44)37-14-13-28(42)38(9)18-20(2)16-35(32,7)45/h20-26,29-32,34,40,43,45H,12-19H2,1-11H3,(H,37,44)/t20-,21-,22+,23-,24+,25-,26+,29+,30+,31+,32-,34+,35-,36-/m1/s1. The monoisotopic (exact) mass is 715 g/mol. The summed E-state index contributed by atoms with van der Waals surface area (Å²) in [6, 6.07) is -0.384. The number of aliphatic hydroxyl groups is 3. The van der Waals surface area contributed by atoms with Gasteiger partial charge in [0.15, 0.2) is 12.6 Å². The smallest absolute Gasteiger partial charge is 0.225 e. The van der Waals surface area contributed by atoms with Crippen molar-refractivity contribution in [2.24, 2.45) is 23.7 Å². The van der Waals surface area contributed by atoms with Crippen LogP contribution >= 0.6 is 0 Å². The predicted octanol–water partition coefficient (Wildman–Crippen LogP) is 1.67. The first kappa shape index (κ1) is 42.5. The van der Waals surface area contributed by atoms with E-state index in [2.05, 4.69) is 5.32 Å². The number of hydrogen-bond acceptors (Lipinski definition) is 11. The summed E-state index contributed by atoms with van der Waals surface area (Å²) in [6.07, 6.45) is -4.40. The largest absolute Gasteiger partial charge is 0.396 e. The lowest BCUT2D eigenvalue weighted by molar-refractivity contribution is -0.313. The zero-order chi connectivity index (χ0) is 37.7. The molecule has 4 N–H and O–H groups in total. The van der Waals surface area contributed by atoms with Gasteiger partial charge in [-0.1, -0.05) is 27.7 Å². The number of amides is 3. The van der Waals surface area contributed by atoms with E-state index in [1.165, 1.54) is 7.11 Å². The first-order chi connectivity index (χ1) is 23.3. The van der Waals surface area contributed by atoms with Crippen LogP contribution in [0.25, 0.3) is 0 Å². The van der Waals surface area contributed by atoms with Crippen LogP contribution in [0.3, 0.4) is 0 Å². The van der Waals surface area contributed by atoms with Crippen LogP contribution in [0.1, 0.15) is 87.5 Å². The number of nitrogens with zero attached hydrogens (tertiary/aromatic N) is 2. The molecule has 0 spiro atoms. The highest BCUT2D eigenvalue weighted by Crippen LogP contribution is 2.40. The number of methoxy groups -OCH3 is 1. The van der Waals surface area contributed by atoms with Crippen molar-refractivity contribution in [2.75, 3.05) is 40.9 Å². The summed E-state index contributed by atoms with van der Waals surface area (Å²) >= 11 is 0. The summed E-state index contributed by atoms with van der Waals surface area (Å²) in [4.78, 5) is 42.7. The molecule has 3 fully saturated rings. The maximum atomic E-state index is 13.7. The Labute approximate surface area is 298 Å². The van der Waals surface area contributed by atoms with Gasteiger partial charge >= 0.3 is 0 Å². The van der Waals surface area contributed by atoms with Crippen LogP contribution in [-0.2, 0) is 38.1 Å².